The summed E-state index contributed by atoms with van der Waals surface area (Å²) >= 11 is 1.52. The standard InChI is InChI=1S/C22H25N5O3S/c1-4-6-20(28)23-16(3)21-24-25-22(31-14-17-8-5-7-15(2)13-17)26(21)18-9-11-19(12-10-18)27(29)30/h5,7-13,16H,4,6,14H2,1-3H3,(H,23,28). The minimum atomic E-state index is -0.433. The van der Waals surface area contributed by atoms with Crippen molar-refractivity contribution in [1.29, 1.82) is 0 Å². The van der Waals surface area contributed by atoms with Gasteiger partial charge in [-0.05, 0) is 38.0 Å². The third-order valence-electron chi connectivity index (χ3n) is 4.67. The Balaban J connectivity index is 1.93. The van der Waals surface area contributed by atoms with E-state index in [1.165, 1.54) is 29.5 Å². The van der Waals surface area contributed by atoms with Gasteiger partial charge in [-0.1, -0.05) is 48.5 Å². The van der Waals surface area contributed by atoms with Gasteiger partial charge in [-0.15, -0.1) is 10.2 Å². The van der Waals surface area contributed by atoms with Gasteiger partial charge in [0.05, 0.1) is 11.0 Å². The smallest absolute Gasteiger partial charge is 0.269 e. The fourth-order valence-electron chi connectivity index (χ4n) is 3.18. The average Bonchev–Trinajstić information content (AvgIpc) is 3.16. The molecule has 31 heavy (non-hydrogen) atoms. The zero-order chi connectivity index (χ0) is 22.4. The first kappa shape index (κ1) is 22.5. The molecule has 0 spiro atoms. The molecule has 0 bridgehead atoms. The van der Waals surface area contributed by atoms with Crippen LogP contribution in [-0.4, -0.2) is 25.6 Å². The average molecular weight is 440 g/mol. The molecule has 1 unspecified atom stereocenters. The van der Waals surface area contributed by atoms with Crippen molar-refractivity contribution in [2.75, 3.05) is 0 Å². The molecular formula is C22H25N5O3S. The molecule has 8 nitrogen and oxygen atoms in total. The first-order valence-corrected chi connectivity index (χ1v) is 11.1. The number of aryl methyl sites for hydroxylation is 1. The molecule has 1 amide bonds. The second-order valence-corrected chi connectivity index (χ2v) is 8.21. The van der Waals surface area contributed by atoms with Crippen molar-refractivity contribution in [2.24, 2.45) is 0 Å². The SMILES string of the molecule is CCCC(=O)NC(C)c1nnc(SCc2cccc(C)c2)n1-c1ccc([N+](=O)[O-])cc1. The summed E-state index contributed by atoms with van der Waals surface area (Å²) < 4.78 is 1.85. The fraction of sp³-hybridized carbons (Fsp3) is 0.318. The Kier molecular flexibility index (Phi) is 7.41. The second kappa shape index (κ2) is 10.2. The molecule has 0 aliphatic heterocycles. The number of nitro groups is 1. The lowest BCUT2D eigenvalue weighted by atomic mass is 10.2. The molecule has 1 N–H and O–H groups in total. The Morgan fingerprint density at radius 3 is 2.61 bits per heavy atom. The number of non-ortho nitro benzene ring substituents is 1. The van der Waals surface area contributed by atoms with Gasteiger partial charge in [-0.25, -0.2) is 0 Å². The van der Waals surface area contributed by atoms with Gasteiger partial charge in [-0.2, -0.15) is 0 Å². The number of thioether (sulfide) groups is 1. The van der Waals surface area contributed by atoms with Crippen LogP contribution >= 0.6 is 11.8 Å². The number of carbonyl (C=O) groups is 1. The molecule has 1 heterocycles. The molecule has 162 valence electrons. The van der Waals surface area contributed by atoms with Gasteiger partial charge >= 0.3 is 0 Å². The maximum absolute atomic E-state index is 12.1. The fourth-order valence-corrected chi connectivity index (χ4v) is 4.08. The van der Waals surface area contributed by atoms with Crippen molar-refractivity contribution in [3.63, 3.8) is 0 Å². The Labute approximate surface area is 185 Å². The van der Waals surface area contributed by atoms with Gasteiger partial charge in [-0.3, -0.25) is 19.5 Å². The maximum Gasteiger partial charge on any atom is 0.269 e. The van der Waals surface area contributed by atoms with Crippen LogP contribution < -0.4 is 5.32 Å². The number of nitrogens with one attached hydrogen (secondary N) is 1. The van der Waals surface area contributed by atoms with Gasteiger partial charge < -0.3 is 5.32 Å². The van der Waals surface area contributed by atoms with Crippen LogP contribution in [0.4, 0.5) is 5.69 Å². The topological polar surface area (TPSA) is 103 Å². The van der Waals surface area contributed by atoms with E-state index < -0.39 is 4.92 Å². The van der Waals surface area contributed by atoms with Gasteiger partial charge in [0, 0.05) is 30.0 Å². The number of hydrogen-bond acceptors (Lipinski definition) is 6. The van der Waals surface area contributed by atoms with Crippen LogP contribution in [0.3, 0.4) is 0 Å². The van der Waals surface area contributed by atoms with Crippen molar-refractivity contribution in [3.05, 3.63) is 75.6 Å². The molecule has 0 aliphatic rings. The lowest BCUT2D eigenvalue weighted by Gasteiger charge is -2.16. The van der Waals surface area contributed by atoms with E-state index in [9.17, 15) is 14.9 Å². The Hall–Kier alpha value is -3.20. The highest BCUT2D eigenvalue weighted by atomic mass is 32.2. The van der Waals surface area contributed by atoms with E-state index in [2.05, 4.69) is 27.6 Å². The number of nitrogens with zero attached hydrogens (tertiary/aromatic N) is 4. The highest BCUT2D eigenvalue weighted by molar-refractivity contribution is 7.98. The summed E-state index contributed by atoms with van der Waals surface area (Å²) in [4.78, 5) is 22.7. The van der Waals surface area contributed by atoms with Crippen LogP contribution in [-0.2, 0) is 10.5 Å². The van der Waals surface area contributed by atoms with Crippen LogP contribution in [0, 0.1) is 17.0 Å². The molecule has 0 aliphatic carbocycles. The summed E-state index contributed by atoms with van der Waals surface area (Å²) in [6.45, 7) is 5.85. The molecule has 0 saturated heterocycles. The predicted octanol–water partition coefficient (Wildman–Crippen LogP) is 4.75. The van der Waals surface area contributed by atoms with Gasteiger partial charge in [0.1, 0.15) is 0 Å². The van der Waals surface area contributed by atoms with Gasteiger partial charge in [0.15, 0.2) is 11.0 Å². The molecule has 0 saturated carbocycles. The first-order valence-electron chi connectivity index (χ1n) is 10.1. The second-order valence-electron chi connectivity index (χ2n) is 7.27. The molecule has 0 fully saturated rings. The molecule has 2 aromatic carbocycles. The largest absolute Gasteiger partial charge is 0.346 e. The number of hydrogen-bond donors (Lipinski definition) is 1. The summed E-state index contributed by atoms with van der Waals surface area (Å²) in [6.07, 6.45) is 1.19. The van der Waals surface area contributed by atoms with Crippen molar-refractivity contribution < 1.29 is 9.72 Å². The monoisotopic (exact) mass is 439 g/mol. The minimum absolute atomic E-state index is 0.0108. The van der Waals surface area contributed by atoms with Crippen LogP contribution in [0.15, 0.2) is 53.7 Å². The maximum atomic E-state index is 12.1. The zero-order valence-electron chi connectivity index (χ0n) is 17.7. The summed E-state index contributed by atoms with van der Waals surface area (Å²) in [6, 6.07) is 14.1. The Morgan fingerprint density at radius 2 is 1.97 bits per heavy atom. The highest BCUT2D eigenvalue weighted by Gasteiger charge is 2.21. The lowest BCUT2D eigenvalue weighted by Crippen LogP contribution is -2.28. The van der Waals surface area contributed by atoms with E-state index >= 15 is 0 Å². The van der Waals surface area contributed by atoms with E-state index in [4.69, 9.17) is 0 Å². The number of nitro benzene ring substituents is 1. The van der Waals surface area contributed by atoms with Crippen molar-refractivity contribution in [3.8, 4) is 5.69 Å². The molecule has 3 rings (SSSR count). The van der Waals surface area contributed by atoms with Crippen molar-refractivity contribution >= 4 is 23.4 Å². The van der Waals surface area contributed by atoms with Crippen molar-refractivity contribution in [2.45, 2.75) is 50.6 Å². The number of amides is 1. The van der Waals surface area contributed by atoms with E-state index in [1.807, 2.05) is 37.5 Å². The molecule has 1 aromatic heterocycles. The zero-order valence-corrected chi connectivity index (χ0v) is 18.6. The van der Waals surface area contributed by atoms with Crippen LogP contribution in [0.2, 0.25) is 0 Å². The van der Waals surface area contributed by atoms with E-state index in [0.29, 0.717) is 28.8 Å². The summed E-state index contributed by atoms with van der Waals surface area (Å²) in [5, 5.41) is 23.3. The number of aromatic nitrogens is 3. The summed E-state index contributed by atoms with van der Waals surface area (Å²) in [5.41, 5.74) is 3.06. The molecule has 1 atom stereocenters. The Bertz CT molecular complexity index is 1070. The third kappa shape index (κ3) is 5.69. The normalized spacial score (nSPS) is 11.8. The quantitative estimate of drug-likeness (QED) is 0.293. The number of carbonyl (C=O) groups excluding carboxylic acids is 1. The first-order chi connectivity index (χ1) is 14.9. The predicted molar refractivity (Wildman–Crippen MR) is 120 cm³/mol. The van der Waals surface area contributed by atoms with Crippen molar-refractivity contribution in [1.82, 2.24) is 20.1 Å². The highest BCUT2D eigenvalue weighted by Crippen LogP contribution is 2.28. The number of rotatable bonds is 9. The molecule has 3 aromatic rings. The van der Waals surface area contributed by atoms with Gasteiger partial charge in [0.25, 0.3) is 5.69 Å². The summed E-state index contributed by atoms with van der Waals surface area (Å²) in [7, 11) is 0. The molecule has 0 radical (unpaired) electrons. The number of benzene rings is 2. The molecular weight excluding hydrogens is 414 g/mol. The Morgan fingerprint density at radius 1 is 1.23 bits per heavy atom. The summed E-state index contributed by atoms with van der Waals surface area (Å²) in [5.74, 6) is 1.22. The van der Waals surface area contributed by atoms with E-state index in [1.54, 1.807) is 12.1 Å². The van der Waals surface area contributed by atoms with Crippen LogP contribution in [0.1, 0.15) is 49.7 Å². The lowest BCUT2D eigenvalue weighted by molar-refractivity contribution is -0.384. The van der Waals surface area contributed by atoms with E-state index in [-0.39, 0.29) is 17.6 Å². The van der Waals surface area contributed by atoms with E-state index in [0.717, 1.165) is 12.0 Å². The molecule has 9 heteroatoms. The third-order valence-corrected chi connectivity index (χ3v) is 5.67. The van der Waals surface area contributed by atoms with Crippen LogP contribution in [0.5, 0.6) is 0 Å². The van der Waals surface area contributed by atoms with Gasteiger partial charge in [0.2, 0.25) is 5.91 Å². The minimum Gasteiger partial charge on any atom is -0.346 e. The van der Waals surface area contributed by atoms with Crippen LogP contribution in [0.25, 0.3) is 5.69 Å².